The number of hydrogen-bond acceptors (Lipinski definition) is 3. The lowest BCUT2D eigenvalue weighted by molar-refractivity contribution is 0.0527. The highest BCUT2D eigenvalue weighted by molar-refractivity contribution is 5.95. The minimum Gasteiger partial charge on any atom is -0.462 e. The molecule has 1 N–H and O–H groups in total. The second kappa shape index (κ2) is 6.88. The zero-order chi connectivity index (χ0) is 11.8. The van der Waals surface area contributed by atoms with E-state index in [0.717, 1.165) is 25.1 Å². The fourth-order valence-electron chi connectivity index (χ4n) is 1.42. The molecule has 16 heavy (non-hydrogen) atoms. The predicted octanol–water partition coefficient (Wildman–Crippen LogP) is 3.08. The molecule has 1 aromatic rings. The minimum atomic E-state index is -0.262. The lowest BCUT2D eigenvalue weighted by Gasteiger charge is -2.10. The van der Waals surface area contributed by atoms with Crippen molar-refractivity contribution in [3.05, 3.63) is 29.8 Å². The van der Waals surface area contributed by atoms with Crippen LogP contribution in [0.25, 0.3) is 0 Å². The van der Waals surface area contributed by atoms with Crippen LogP contribution < -0.4 is 5.32 Å². The highest BCUT2D eigenvalue weighted by Crippen LogP contribution is 2.16. The largest absolute Gasteiger partial charge is 0.462 e. The molecule has 0 aromatic heterocycles. The maximum Gasteiger partial charge on any atom is 0.340 e. The first-order chi connectivity index (χ1) is 7.79. The lowest BCUT2D eigenvalue weighted by atomic mass is 10.1. The van der Waals surface area contributed by atoms with Crippen LogP contribution in [0, 0.1) is 0 Å². The highest BCUT2D eigenvalue weighted by Gasteiger charge is 2.10. The molecule has 0 radical (unpaired) electrons. The maximum absolute atomic E-state index is 11.6. The Morgan fingerprint density at radius 2 is 2.06 bits per heavy atom. The molecule has 0 atom stereocenters. The van der Waals surface area contributed by atoms with Gasteiger partial charge in [-0.2, -0.15) is 0 Å². The van der Waals surface area contributed by atoms with Crippen LogP contribution >= 0.6 is 0 Å². The van der Waals surface area contributed by atoms with Gasteiger partial charge in [-0.05, 0) is 25.5 Å². The molecule has 3 heteroatoms. The monoisotopic (exact) mass is 221 g/mol. The van der Waals surface area contributed by atoms with E-state index in [1.165, 1.54) is 0 Å². The van der Waals surface area contributed by atoms with Crippen LogP contribution in [0.4, 0.5) is 5.69 Å². The van der Waals surface area contributed by atoms with Gasteiger partial charge in [-0.3, -0.25) is 0 Å². The third-order valence-electron chi connectivity index (χ3n) is 2.27. The number of benzene rings is 1. The van der Waals surface area contributed by atoms with E-state index in [4.69, 9.17) is 4.74 Å². The minimum absolute atomic E-state index is 0.262. The van der Waals surface area contributed by atoms with E-state index in [1.54, 1.807) is 6.07 Å². The molecular weight excluding hydrogens is 202 g/mol. The maximum atomic E-state index is 11.6. The Bertz CT molecular complexity index is 336. The van der Waals surface area contributed by atoms with E-state index >= 15 is 0 Å². The summed E-state index contributed by atoms with van der Waals surface area (Å²) in [5.41, 5.74) is 1.47. The molecule has 0 bridgehead atoms. The average molecular weight is 221 g/mol. The third kappa shape index (κ3) is 3.57. The second-order valence-electron chi connectivity index (χ2n) is 3.55. The van der Waals surface area contributed by atoms with E-state index in [0.29, 0.717) is 12.2 Å². The second-order valence-corrected chi connectivity index (χ2v) is 3.55. The molecule has 0 saturated carbocycles. The molecule has 3 nitrogen and oxygen atoms in total. The molecule has 88 valence electrons. The predicted molar refractivity (Wildman–Crippen MR) is 65.8 cm³/mol. The van der Waals surface area contributed by atoms with Gasteiger partial charge in [-0.15, -0.1) is 0 Å². The molecular formula is C13H19NO2. The van der Waals surface area contributed by atoms with Gasteiger partial charge in [0.25, 0.3) is 0 Å². The Hall–Kier alpha value is -1.51. The van der Waals surface area contributed by atoms with Crippen molar-refractivity contribution in [3.8, 4) is 0 Å². The van der Waals surface area contributed by atoms with Crippen molar-refractivity contribution < 1.29 is 9.53 Å². The van der Waals surface area contributed by atoms with Crippen molar-refractivity contribution in [1.82, 2.24) is 0 Å². The molecule has 0 aliphatic carbocycles. The Morgan fingerprint density at radius 1 is 1.31 bits per heavy atom. The number of carbonyl (C=O) groups is 1. The topological polar surface area (TPSA) is 38.3 Å². The van der Waals surface area contributed by atoms with Crippen molar-refractivity contribution in [2.24, 2.45) is 0 Å². The van der Waals surface area contributed by atoms with Gasteiger partial charge in [0.15, 0.2) is 0 Å². The van der Waals surface area contributed by atoms with Gasteiger partial charge in [0.05, 0.1) is 12.2 Å². The summed E-state index contributed by atoms with van der Waals surface area (Å²) in [4.78, 5) is 11.6. The van der Waals surface area contributed by atoms with Gasteiger partial charge in [0, 0.05) is 12.2 Å². The molecule has 0 heterocycles. The Morgan fingerprint density at radius 3 is 2.75 bits per heavy atom. The summed E-state index contributed by atoms with van der Waals surface area (Å²) in [7, 11) is 0. The number of para-hydroxylation sites is 1. The van der Waals surface area contributed by atoms with Gasteiger partial charge < -0.3 is 10.1 Å². The van der Waals surface area contributed by atoms with Crippen LogP contribution in [-0.4, -0.2) is 19.1 Å². The molecule has 0 aliphatic rings. The Kier molecular flexibility index (Phi) is 5.40. The molecule has 1 aromatic carbocycles. The third-order valence-corrected chi connectivity index (χ3v) is 2.27. The van der Waals surface area contributed by atoms with Crippen LogP contribution in [0.3, 0.4) is 0 Å². The smallest absolute Gasteiger partial charge is 0.340 e. The fourth-order valence-corrected chi connectivity index (χ4v) is 1.42. The summed E-state index contributed by atoms with van der Waals surface area (Å²) in [6.45, 7) is 5.24. The number of rotatable bonds is 6. The van der Waals surface area contributed by atoms with Crippen molar-refractivity contribution >= 4 is 11.7 Å². The SMILES string of the molecule is CCCCNc1ccccc1C(=O)OCC. The zero-order valence-corrected chi connectivity index (χ0v) is 9.95. The quantitative estimate of drug-likeness (QED) is 0.592. The highest BCUT2D eigenvalue weighted by atomic mass is 16.5. The molecule has 0 spiro atoms. The van der Waals surface area contributed by atoms with Gasteiger partial charge >= 0.3 is 5.97 Å². The summed E-state index contributed by atoms with van der Waals surface area (Å²) in [6, 6.07) is 7.45. The first-order valence-electron chi connectivity index (χ1n) is 5.79. The standard InChI is InChI=1S/C13H19NO2/c1-3-5-10-14-12-9-7-6-8-11(12)13(15)16-4-2/h6-9,14H,3-5,10H2,1-2H3. The van der Waals surface area contributed by atoms with Crippen molar-refractivity contribution in [1.29, 1.82) is 0 Å². The van der Waals surface area contributed by atoms with E-state index < -0.39 is 0 Å². The first-order valence-corrected chi connectivity index (χ1v) is 5.79. The molecule has 0 fully saturated rings. The first kappa shape index (κ1) is 12.6. The van der Waals surface area contributed by atoms with Gasteiger partial charge in [-0.1, -0.05) is 25.5 Å². The number of carbonyl (C=O) groups excluding carboxylic acids is 1. The molecule has 0 saturated heterocycles. The van der Waals surface area contributed by atoms with E-state index in [1.807, 2.05) is 25.1 Å². The van der Waals surface area contributed by atoms with Crippen LogP contribution in [-0.2, 0) is 4.74 Å². The van der Waals surface area contributed by atoms with Crippen LogP contribution in [0.15, 0.2) is 24.3 Å². The molecule has 0 unspecified atom stereocenters. The summed E-state index contributed by atoms with van der Waals surface area (Å²) in [6.07, 6.45) is 2.23. The fraction of sp³-hybridized carbons (Fsp3) is 0.462. The molecule has 1 rings (SSSR count). The summed E-state index contributed by atoms with van der Waals surface area (Å²) < 4.78 is 5.00. The summed E-state index contributed by atoms with van der Waals surface area (Å²) in [5.74, 6) is -0.262. The van der Waals surface area contributed by atoms with E-state index in [2.05, 4.69) is 12.2 Å². The van der Waals surface area contributed by atoms with Gasteiger partial charge in [0.1, 0.15) is 0 Å². The number of ether oxygens (including phenoxy) is 1. The Balaban J connectivity index is 2.71. The number of hydrogen-bond donors (Lipinski definition) is 1. The normalized spacial score (nSPS) is 9.88. The molecule has 0 aliphatic heterocycles. The summed E-state index contributed by atoms with van der Waals surface area (Å²) in [5, 5.41) is 3.25. The molecule has 0 amide bonds. The van der Waals surface area contributed by atoms with Crippen molar-refractivity contribution in [2.75, 3.05) is 18.5 Å². The van der Waals surface area contributed by atoms with Crippen molar-refractivity contribution in [2.45, 2.75) is 26.7 Å². The zero-order valence-electron chi connectivity index (χ0n) is 9.95. The van der Waals surface area contributed by atoms with Crippen LogP contribution in [0.2, 0.25) is 0 Å². The number of nitrogens with one attached hydrogen (secondary N) is 1. The van der Waals surface area contributed by atoms with Crippen molar-refractivity contribution in [3.63, 3.8) is 0 Å². The lowest BCUT2D eigenvalue weighted by Crippen LogP contribution is -2.10. The average Bonchev–Trinajstić information content (AvgIpc) is 2.30. The number of unbranched alkanes of at least 4 members (excludes halogenated alkanes) is 1. The van der Waals surface area contributed by atoms with E-state index in [9.17, 15) is 4.79 Å². The Labute approximate surface area is 96.8 Å². The van der Waals surface area contributed by atoms with Crippen LogP contribution in [0.5, 0.6) is 0 Å². The van der Waals surface area contributed by atoms with Gasteiger partial charge in [0.2, 0.25) is 0 Å². The number of anilines is 1. The summed E-state index contributed by atoms with van der Waals surface area (Å²) >= 11 is 0. The van der Waals surface area contributed by atoms with E-state index in [-0.39, 0.29) is 5.97 Å². The van der Waals surface area contributed by atoms with Crippen LogP contribution in [0.1, 0.15) is 37.0 Å². The number of esters is 1. The van der Waals surface area contributed by atoms with Gasteiger partial charge in [-0.25, -0.2) is 4.79 Å².